The third kappa shape index (κ3) is 1.71. The smallest absolute Gasteiger partial charge is 0.0402 e. The fourth-order valence-electron chi connectivity index (χ4n) is 3.06. The van der Waals surface area contributed by atoms with Crippen molar-refractivity contribution in [3.63, 3.8) is 0 Å². The lowest BCUT2D eigenvalue weighted by molar-refractivity contribution is 0.553. The molecule has 86 valence electrons. The minimum Gasteiger partial charge on any atom is -0.367 e. The highest BCUT2D eigenvalue weighted by Crippen LogP contribution is 2.32. The van der Waals surface area contributed by atoms with E-state index in [0.29, 0.717) is 12.1 Å². The quantitative estimate of drug-likeness (QED) is 0.815. The van der Waals surface area contributed by atoms with Crippen LogP contribution in [0.25, 0.3) is 0 Å². The molecule has 0 aliphatic carbocycles. The highest BCUT2D eigenvalue weighted by molar-refractivity contribution is 5.59. The summed E-state index contributed by atoms with van der Waals surface area (Å²) in [6.45, 7) is 4.72. The molecule has 1 N–H and O–H groups in total. The molecule has 16 heavy (non-hydrogen) atoms. The van der Waals surface area contributed by atoms with Gasteiger partial charge in [-0.2, -0.15) is 0 Å². The minimum absolute atomic E-state index is 0.666. The van der Waals surface area contributed by atoms with Crippen LogP contribution in [-0.4, -0.2) is 25.2 Å². The molecule has 1 aromatic rings. The maximum atomic E-state index is 3.59. The summed E-state index contributed by atoms with van der Waals surface area (Å²) in [4.78, 5) is 2.58. The van der Waals surface area contributed by atoms with Crippen molar-refractivity contribution in [2.45, 2.75) is 38.3 Å². The second-order valence-electron chi connectivity index (χ2n) is 5.13. The molecule has 0 amide bonds. The average Bonchev–Trinajstić information content (AvgIpc) is 2.89. The summed E-state index contributed by atoms with van der Waals surface area (Å²) in [6.07, 6.45) is 3.89. The molecule has 2 atom stereocenters. The molecule has 3 rings (SSSR count). The Morgan fingerprint density at radius 2 is 2.25 bits per heavy atom. The van der Waals surface area contributed by atoms with E-state index in [-0.39, 0.29) is 0 Å². The van der Waals surface area contributed by atoms with E-state index >= 15 is 0 Å². The Bertz CT molecular complexity index is 369. The lowest BCUT2D eigenvalue weighted by atomic mass is 10.1. The van der Waals surface area contributed by atoms with Gasteiger partial charge in [-0.25, -0.2) is 0 Å². The normalized spacial score (nSPS) is 28.4. The molecule has 2 aliphatic heterocycles. The number of rotatable bonds is 2. The molecule has 0 bridgehead atoms. The van der Waals surface area contributed by atoms with Gasteiger partial charge in [0.1, 0.15) is 0 Å². The summed E-state index contributed by atoms with van der Waals surface area (Å²) in [5.41, 5.74) is 2.98. The molecule has 1 fully saturated rings. The first-order chi connectivity index (χ1) is 7.84. The Kier molecular flexibility index (Phi) is 2.60. The number of nitrogens with one attached hydrogen (secondary N) is 1. The van der Waals surface area contributed by atoms with Gasteiger partial charge in [0.2, 0.25) is 0 Å². The van der Waals surface area contributed by atoms with Gasteiger partial charge in [-0.15, -0.1) is 0 Å². The van der Waals surface area contributed by atoms with E-state index in [1.165, 1.54) is 43.6 Å². The van der Waals surface area contributed by atoms with Crippen LogP contribution in [0, 0.1) is 0 Å². The average molecular weight is 216 g/mol. The first kappa shape index (κ1) is 10.2. The molecule has 2 aliphatic rings. The second kappa shape index (κ2) is 4.10. The molecular formula is C14H20N2. The zero-order chi connectivity index (χ0) is 11.0. The van der Waals surface area contributed by atoms with Crippen LogP contribution >= 0.6 is 0 Å². The van der Waals surface area contributed by atoms with Crippen molar-refractivity contribution in [3.8, 4) is 0 Å². The maximum absolute atomic E-state index is 3.59. The van der Waals surface area contributed by atoms with Gasteiger partial charge in [-0.05, 0) is 44.4 Å². The third-order valence-electron chi connectivity index (χ3n) is 3.93. The number of hydrogen-bond acceptors (Lipinski definition) is 2. The number of anilines is 1. The number of nitrogens with zero attached hydrogens (tertiary/aromatic N) is 1. The Balaban J connectivity index is 1.79. The van der Waals surface area contributed by atoms with E-state index in [0.717, 1.165) is 0 Å². The van der Waals surface area contributed by atoms with Gasteiger partial charge in [0.25, 0.3) is 0 Å². The molecule has 0 aromatic heterocycles. The number of fused-ring (bicyclic) bond motifs is 1. The number of benzene rings is 1. The van der Waals surface area contributed by atoms with Crippen LogP contribution in [0.1, 0.15) is 25.3 Å². The number of para-hydroxylation sites is 1. The first-order valence-electron chi connectivity index (χ1n) is 6.42. The van der Waals surface area contributed by atoms with Gasteiger partial charge < -0.3 is 10.2 Å². The van der Waals surface area contributed by atoms with E-state index in [9.17, 15) is 0 Å². The Morgan fingerprint density at radius 1 is 1.38 bits per heavy atom. The molecule has 0 saturated carbocycles. The van der Waals surface area contributed by atoms with Crippen LogP contribution in [0.15, 0.2) is 24.3 Å². The van der Waals surface area contributed by atoms with Crippen LogP contribution < -0.4 is 10.2 Å². The van der Waals surface area contributed by atoms with E-state index in [2.05, 4.69) is 41.4 Å². The number of hydrogen-bond donors (Lipinski definition) is 1. The largest absolute Gasteiger partial charge is 0.367 e. The standard InChI is InChI=1S/C14H20N2/c1-11-9-12-5-2-3-7-14(12)16(11)10-13-6-4-8-15-13/h2-3,5,7,11,13,15H,4,6,8-10H2,1H3/t11?,13-/m1/s1. The topological polar surface area (TPSA) is 15.3 Å². The summed E-state index contributed by atoms with van der Waals surface area (Å²) in [6, 6.07) is 10.2. The zero-order valence-corrected chi connectivity index (χ0v) is 9.95. The van der Waals surface area contributed by atoms with Crippen LogP contribution in [0.3, 0.4) is 0 Å². The van der Waals surface area contributed by atoms with Gasteiger partial charge in [0, 0.05) is 24.3 Å². The van der Waals surface area contributed by atoms with Gasteiger partial charge in [-0.3, -0.25) is 0 Å². The van der Waals surface area contributed by atoms with Crippen molar-refractivity contribution in [3.05, 3.63) is 29.8 Å². The summed E-state index contributed by atoms with van der Waals surface area (Å²) in [7, 11) is 0. The third-order valence-corrected chi connectivity index (χ3v) is 3.93. The van der Waals surface area contributed by atoms with Crippen molar-refractivity contribution >= 4 is 5.69 Å². The fraction of sp³-hybridized carbons (Fsp3) is 0.571. The summed E-state index contributed by atoms with van der Waals surface area (Å²) >= 11 is 0. The fourth-order valence-corrected chi connectivity index (χ4v) is 3.06. The monoisotopic (exact) mass is 216 g/mol. The van der Waals surface area contributed by atoms with Crippen LogP contribution in [0.5, 0.6) is 0 Å². The van der Waals surface area contributed by atoms with Gasteiger partial charge in [0.05, 0.1) is 0 Å². The molecule has 0 radical (unpaired) electrons. The predicted octanol–water partition coefficient (Wildman–Crippen LogP) is 2.19. The van der Waals surface area contributed by atoms with Crippen LogP contribution in [-0.2, 0) is 6.42 Å². The zero-order valence-electron chi connectivity index (χ0n) is 9.95. The van der Waals surface area contributed by atoms with E-state index in [1.54, 1.807) is 0 Å². The molecular weight excluding hydrogens is 196 g/mol. The minimum atomic E-state index is 0.666. The van der Waals surface area contributed by atoms with Gasteiger partial charge in [0.15, 0.2) is 0 Å². The van der Waals surface area contributed by atoms with Crippen molar-refractivity contribution < 1.29 is 0 Å². The predicted molar refractivity (Wildman–Crippen MR) is 68.0 cm³/mol. The molecule has 1 saturated heterocycles. The first-order valence-corrected chi connectivity index (χ1v) is 6.42. The van der Waals surface area contributed by atoms with E-state index in [4.69, 9.17) is 0 Å². The summed E-state index contributed by atoms with van der Waals surface area (Å²) in [5, 5.41) is 3.59. The van der Waals surface area contributed by atoms with Crippen molar-refractivity contribution in [2.75, 3.05) is 18.0 Å². The SMILES string of the molecule is CC1Cc2ccccc2N1C[C@H]1CCCN1. The Morgan fingerprint density at radius 3 is 3.06 bits per heavy atom. The van der Waals surface area contributed by atoms with Crippen molar-refractivity contribution in [2.24, 2.45) is 0 Å². The second-order valence-corrected chi connectivity index (χ2v) is 5.13. The molecule has 2 heteroatoms. The Hall–Kier alpha value is -1.02. The van der Waals surface area contributed by atoms with Crippen molar-refractivity contribution in [1.29, 1.82) is 0 Å². The highest BCUT2D eigenvalue weighted by Gasteiger charge is 2.28. The maximum Gasteiger partial charge on any atom is 0.0402 e. The van der Waals surface area contributed by atoms with E-state index < -0.39 is 0 Å². The van der Waals surface area contributed by atoms with Crippen LogP contribution in [0.2, 0.25) is 0 Å². The summed E-state index contributed by atoms with van der Waals surface area (Å²) < 4.78 is 0. The van der Waals surface area contributed by atoms with Crippen molar-refractivity contribution in [1.82, 2.24) is 5.32 Å². The highest BCUT2D eigenvalue weighted by atomic mass is 15.2. The lowest BCUT2D eigenvalue weighted by Crippen LogP contribution is -2.40. The van der Waals surface area contributed by atoms with Gasteiger partial charge in [-0.1, -0.05) is 18.2 Å². The molecule has 2 nitrogen and oxygen atoms in total. The Labute approximate surface area is 97.6 Å². The lowest BCUT2D eigenvalue weighted by Gasteiger charge is -2.28. The molecule has 1 unspecified atom stereocenters. The van der Waals surface area contributed by atoms with Crippen LogP contribution in [0.4, 0.5) is 5.69 Å². The van der Waals surface area contributed by atoms with E-state index in [1.807, 2.05) is 0 Å². The van der Waals surface area contributed by atoms with Gasteiger partial charge >= 0.3 is 0 Å². The molecule has 1 aromatic carbocycles. The molecule has 2 heterocycles. The summed E-state index contributed by atoms with van der Waals surface area (Å²) in [5.74, 6) is 0. The molecule has 0 spiro atoms.